The van der Waals surface area contributed by atoms with Crippen molar-refractivity contribution in [3.05, 3.63) is 71.5 Å². The maximum absolute atomic E-state index is 12.9. The van der Waals surface area contributed by atoms with Gasteiger partial charge in [-0.25, -0.2) is 8.42 Å². The second-order valence-electron chi connectivity index (χ2n) is 6.55. The van der Waals surface area contributed by atoms with Crippen LogP contribution in [0, 0.1) is 0 Å². The van der Waals surface area contributed by atoms with Crippen molar-refractivity contribution in [2.45, 2.75) is 22.1 Å². The van der Waals surface area contributed by atoms with E-state index in [1.165, 1.54) is 6.07 Å². The largest absolute Gasteiger partial charge is 0.480 e. The molecule has 1 aromatic carbocycles. The fourth-order valence-electron chi connectivity index (χ4n) is 3.16. The van der Waals surface area contributed by atoms with Crippen LogP contribution in [0.4, 0.5) is 0 Å². The molecule has 0 saturated heterocycles. The van der Waals surface area contributed by atoms with Crippen LogP contribution < -0.4 is 4.72 Å². The predicted molar refractivity (Wildman–Crippen MR) is 107 cm³/mol. The van der Waals surface area contributed by atoms with Crippen molar-refractivity contribution >= 4 is 38.9 Å². The molecular weight excluding hydrogens is 420 g/mol. The number of aromatic nitrogens is 1. The number of pyridine rings is 1. The number of hydrogen-bond donors (Lipinski definition) is 2. The molecule has 0 aliphatic heterocycles. The van der Waals surface area contributed by atoms with Crippen molar-refractivity contribution in [2.24, 2.45) is 0 Å². The number of thiophene rings is 1. The van der Waals surface area contributed by atoms with Crippen molar-refractivity contribution in [1.29, 1.82) is 0 Å². The zero-order valence-electron chi connectivity index (χ0n) is 14.4. The van der Waals surface area contributed by atoms with Crippen LogP contribution in [0.1, 0.15) is 17.9 Å². The average Bonchev–Trinajstić information content (AvgIpc) is 3.17. The monoisotopic (exact) mass is 434 g/mol. The first-order valence-electron chi connectivity index (χ1n) is 8.35. The highest BCUT2D eigenvalue weighted by Crippen LogP contribution is 2.52. The Labute approximate surface area is 170 Å². The molecule has 0 bridgehead atoms. The maximum atomic E-state index is 12.9. The lowest BCUT2D eigenvalue weighted by molar-refractivity contribution is -0.140. The molecule has 1 saturated carbocycles. The molecule has 2 N–H and O–H groups in total. The van der Waals surface area contributed by atoms with Crippen molar-refractivity contribution in [2.75, 3.05) is 0 Å². The van der Waals surface area contributed by atoms with Crippen molar-refractivity contribution in [3.8, 4) is 10.4 Å². The number of carbonyl (C=O) groups is 1. The molecule has 9 heteroatoms. The standard InChI is InChI=1S/C19H15ClN2O4S2/c20-14-5-3-12(4-6-14)16-7-8-17(27-16)28(25,26)22-19(18(23)24)10-15(19)13-2-1-9-21-11-13/h1-9,11,15,22H,10H2,(H,23,24). The molecule has 2 atom stereocenters. The van der Waals surface area contributed by atoms with Crippen LogP contribution in [0.2, 0.25) is 5.02 Å². The van der Waals surface area contributed by atoms with Crippen LogP contribution in [0.5, 0.6) is 0 Å². The van der Waals surface area contributed by atoms with E-state index in [2.05, 4.69) is 9.71 Å². The highest BCUT2D eigenvalue weighted by Gasteiger charge is 2.63. The van der Waals surface area contributed by atoms with E-state index in [0.29, 0.717) is 10.6 Å². The van der Waals surface area contributed by atoms with Crippen LogP contribution in [-0.4, -0.2) is 30.0 Å². The van der Waals surface area contributed by atoms with Gasteiger partial charge in [-0.1, -0.05) is 29.8 Å². The van der Waals surface area contributed by atoms with Crippen molar-refractivity contribution in [1.82, 2.24) is 9.71 Å². The predicted octanol–water partition coefficient (Wildman–Crippen LogP) is 3.75. The second kappa shape index (κ2) is 6.97. The van der Waals surface area contributed by atoms with Gasteiger partial charge in [0.2, 0.25) is 0 Å². The molecule has 0 amide bonds. The Morgan fingerprint density at radius 3 is 2.61 bits per heavy atom. The number of nitrogens with zero attached hydrogens (tertiary/aromatic N) is 1. The highest BCUT2D eigenvalue weighted by molar-refractivity contribution is 7.91. The summed E-state index contributed by atoms with van der Waals surface area (Å²) in [6.45, 7) is 0. The summed E-state index contributed by atoms with van der Waals surface area (Å²) in [4.78, 5) is 16.6. The lowest BCUT2D eigenvalue weighted by Gasteiger charge is -2.14. The zero-order chi connectivity index (χ0) is 19.9. The number of sulfonamides is 1. The minimum Gasteiger partial charge on any atom is -0.480 e. The van der Waals surface area contributed by atoms with E-state index in [-0.39, 0.29) is 10.6 Å². The van der Waals surface area contributed by atoms with E-state index >= 15 is 0 Å². The number of carboxylic acids is 1. The quantitative estimate of drug-likeness (QED) is 0.615. The van der Waals surface area contributed by atoms with Gasteiger partial charge >= 0.3 is 5.97 Å². The van der Waals surface area contributed by atoms with E-state index < -0.39 is 27.4 Å². The van der Waals surface area contributed by atoms with Gasteiger partial charge in [0, 0.05) is 28.2 Å². The lowest BCUT2D eigenvalue weighted by Crippen LogP contribution is -2.44. The number of halogens is 1. The Morgan fingerprint density at radius 1 is 1.21 bits per heavy atom. The summed E-state index contributed by atoms with van der Waals surface area (Å²) in [6, 6.07) is 13.7. The Bertz CT molecular complexity index is 1130. The molecule has 2 heterocycles. The first-order chi connectivity index (χ1) is 13.3. The number of benzene rings is 1. The summed E-state index contributed by atoms with van der Waals surface area (Å²) in [5.74, 6) is -1.65. The molecule has 2 aromatic heterocycles. The molecule has 4 rings (SSSR count). The first kappa shape index (κ1) is 19.1. The first-order valence-corrected chi connectivity index (χ1v) is 11.0. The van der Waals surface area contributed by atoms with E-state index in [0.717, 1.165) is 21.8 Å². The van der Waals surface area contributed by atoms with Gasteiger partial charge in [-0.15, -0.1) is 11.3 Å². The molecule has 1 fully saturated rings. The number of rotatable bonds is 6. The summed E-state index contributed by atoms with van der Waals surface area (Å²) in [7, 11) is -4.00. The molecule has 6 nitrogen and oxygen atoms in total. The summed E-state index contributed by atoms with van der Waals surface area (Å²) in [6.07, 6.45) is 3.33. The minimum absolute atomic E-state index is 0.0647. The maximum Gasteiger partial charge on any atom is 0.325 e. The lowest BCUT2D eigenvalue weighted by atomic mass is 10.1. The Morgan fingerprint density at radius 2 is 1.96 bits per heavy atom. The van der Waals surface area contributed by atoms with Crippen LogP contribution in [0.25, 0.3) is 10.4 Å². The molecule has 0 spiro atoms. The van der Waals surface area contributed by atoms with E-state index in [1.807, 2.05) is 0 Å². The third kappa shape index (κ3) is 3.44. The Kier molecular flexibility index (Phi) is 4.75. The van der Waals surface area contributed by atoms with Crippen LogP contribution in [0.15, 0.2) is 65.1 Å². The van der Waals surface area contributed by atoms with Gasteiger partial charge in [-0.3, -0.25) is 9.78 Å². The Balaban J connectivity index is 1.60. The molecular formula is C19H15ClN2O4S2. The number of carboxylic acid groups (broad SMARTS) is 1. The molecule has 1 aliphatic rings. The number of nitrogens with one attached hydrogen (secondary N) is 1. The molecule has 1 aliphatic carbocycles. The van der Waals surface area contributed by atoms with Gasteiger partial charge in [-0.2, -0.15) is 4.72 Å². The molecule has 2 unspecified atom stereocenters. The van der Waals surface area contributed by atoms with E-state index in [9.17, 15) is 18.3 Å². The molecule has 144 valence electrons. The Hall–Kier alpha value is -2.26. The second-order valence-corrected chi connectivity index (χ2v) is 9.98. The summed E-state index contributed by atoms with van der Waals surface area (Å²) >= 11 is 6.96. The summed E-state index contributed by atoms with van der Waals surface area (Å²) in [5, 5.41) is 10.3. The van der Waals surface area contributed by atoms with E-state index in [4.69, 9.17) is 11.6 Å². The van der Waals surface area contributed by atoms with Gasteiger partial charge < -0.3 is 5.11 Å². The van der Waals surface area contributed by atoms with Crippen LogP contribution in [0.3, 0.4) is 0 Å². The van der Waals surface area contributed by atoms with Gasteiger partial charge in [0.05, 0.1) is 0 Å². The third-order valence-electron chi connectivity index (χ3n) is 4.72. The smallest absolute Gasteiger partial charge is 0.325 e. The van der Waals surface area contributed by atoms with Gasteiger partial charge in [0.1, 0.15) is 9.75 Å². The fraction of sp³-hybridized carbons (Fsp3) is 0.158. The van der Waals surface area contributed by atoms with Crippen LogP contribution >= 0.6 is 22.9 Å². The third-order valence-corrected chi connectivity index (χ3v) is 8.11. The van der Waals surface area contributed by atoms with Gasteiger partial charge in [0.15, 0.2) is 0 Å². The summed E-state index contributed by atoms with van der Waals surface area (Å²) in [5.41, 5.74) is -0.0177. The van der Waals surface area contributed by atoms with Crippen LogP contribution in [-0.2, 0) is 14.8 Å². The zero-order valence-corrected chi connectivity index (χ0v) is 16.8. The van der Waals surface area contributed by atoms with E-state index in [1.54, 1.807) is 54.9 Å². The normalized spacial score (nSPS) is 21.4. The van der Waals surface area contributed by atoms with Gasteiger partial charge in [-0.05, 0) is 47.9 Å². The summed E-state index contributed by atoms with van der Waals surface area (Å²) < 4.78 is 28.2. The van der Waals surface area contributed by atoms with Gasteiger partial charge in [0.25, 0.3) is 10.0 Å². The average molecular weight is 435 g/mol. The van der Waals surface area contributed by atoms with Crippen molar-refractivity contribution in [3.63, 3.8) is 0 Å². The molecule has 3 aromatic rings. The minimum atomic E-state index is -4.00. The number of aliphatic carboxylic acids is 1. The highest BCUT2D eigenvalue weighted by atomic mass is 35.5. The van der Waals surface area contributed by atoms with Crippen molar-refractivity contribution < 1.29 is 18.3 Å². The fourth-order valence-corrected chi connectivity index (χ4v) is 6.01. The topological polar surface area (TPSA) is 96.4 Å². The SMILES string of the molecule is O=C(O)C1(NS(=O)(=O)c2ccc(-c3ccc(Cl)cc3)s2)CC1c1cccnc1. The molecule has 0 radical (unpaired) electrons. The molecule has 28 heavy (non-hydrogen) atoms. The number of hydrogen-bond acceptors (Lipinski definition) is 5.